The van der Waals surface area contributed by atoms with Gasteiger partial charge in [0.25, 0.3) is 0 Å². The van der Waals surface area contributed by atoms with E-state index in [0.717, 1.165) is 34.3 Å². The van der Waals surface area contributed by atoms with Crippen LogP contribution in [0.4, 0.5) is 4.39 Å². The summed E-state index contributed by atoms with van der Waals surface area (Å²) in [6.45, 7) is 0.355. The summed E-state index contributed by atoms with van der Waals surface area (Å²) in [4.78, 5) is 11.1. The van der Waals surface area contributed by atoms with Gasteiger partial charge in [0.15, 0.2) is 0 Å². The minimum absolute atomic E-state index is 0.269. The van der Waals surface area contributed by atoms with Crippen LogP contribution in [0.15, 0.2) is 48.5 Å². The van der Waals surface area contributed by atoms with E-state index in [4.69, 9.17) is 9.84 Å². The number of ether oxygens (including phenoxy) is 1. The van der Waals surface area contributed by atoms with Gasteiger partial charge < -0.3 is 35.6 Å². The second-order valence-electron chi connectivity index (χ2n) is 9.01. The van der Waals surface area contributed by atoms with E-state index in [1.807, 2.05) is 30.3 Å². The lowest BCUT2D eigenvalue weighted by Crippen LogP contribution is -2.55. The second-order valence-corrected chi connectivity index (χ2v) is 10.2. The van der Waals surface area contributed by atoms with Gasteiger partial charge in [-0.3, -0.25) is 4.79 Å². The number of carbonyl (C=O) groups is 1. The third-order valence-electron chi connectivity index (χ3n) is 6.49. The molecule has 36 heavy (non-hydrogen) atoms. The zero-order valence-electron chi connectivity index (χ0n) is 19.5. The van der Waals surface area contributed by atoms with Crippen molar-refractivity contribution in [2.24, 2.45) is 0 Å². The molecule has 0 spiro atoms. The third kappa shape index (κ3) is 5.92. The summed E-state index contributed by atoms with van der Waals surface area (Å²) in [6.07, 6.45) is -4.08. The molecule has 2 saturated heterocycles. The maximum atomic E-state index is 14.4. The van der Waals surface area contributed by atoms with E-state index in [9.17, 15) is 29.6 Å². The Morgan fingerprint density at radius 2 is 1.86 bits per heavy atom. The molecule has 2 aliphatic heterocycles. The van der Waals surface area contributed by atoms with Crippen molar-refractivity contribution in [2.75, 3.05) is 13.2 Å². The van der Waals surface area contributed by atoms with Crippen LogP contribution in [-0.2, 0) is 16.0 Å². The third-order valence-corrected chi connectivity index (χ3v) is 7.61. The normalized spacial score (nSPS) is 28.0. The fraction of sp³-hybridized carbons (Fsp3) is 0.423. The Balaban J connectivity index is 0.000000325. The molecule has 1 aromatic heterocycles. The predicted octanol–water partition coefficient (Wildman–Crippen LogP) is 1.97. The maximum absolute atomic E-state index is 14.4. The molecule has 3 aromatic rings. The predicted molar refractivity (Wildman–Crippen MR) is 132 cm³/mol. The van der Waals surface area contributed by atoms with Crippen LogP contribution >= 0.6 is 11.3 Å². The van der Waals surface area contributed by atoms with Crippen LogP contribution in [0, 0.1) is 5.82 Å². The van der Waals surface area contributed by atoms with Gasteiger partial charge in [-0.1, -0.05) is 24.3 Å². The Hall–Kier alpha value is -2.44. The zero-order chi connectivity index (χ0) is 25.8. The topological polar surface area (TPSA) is 139 Å². The van der Waals surface area contributed by atoms with Gasteiger partial charge in [0.1, 0.15) is 42.4 Å². The van der Waals surface area contributed by atoms with Gasteiger partial charge >= 0.3 is 5.97 Å². The number of hydrogen-bond donors (Lipinski definition) is 6. The molecule has 0 bridgehead atoms. The first-order valence-corrected chi connectivity index (χ1v) is 12.6. The van der Waals surface area contributed by atoms with Crippen molar-refractivity contribution in [3.05, 3.63) is 70.4 Å². The SMILES string of the molecule is O=C(O)C1CCCN1.OC[C@H]1OC(c2ccc(F)c(Cc3cc4ccccc4s3)c2)C(O)[C@@H](O)C1O. The number of rotatable bonds is 5. The Bertz CT molecular complexity index is 1150. The zero-order valence-corrected chi connectivity index (χ0v) is 20.3. The highest BCUT2D eigenvalue weighted by atomic mass is 32.1. The molecule has 8 nitrogen and oxygen atoms in total. The summed E-state index contributed by atoms with van der Waals surface area (Å²) >= 11 is 1.59. The van der Waals surface area contributed by atoms with Crippen molar-refractivity contribution in [3.8, 4) is 0 Å². The van der Waals surface area contributed by atoms with Crippen molar-refractivity contribution in [1.82, 2.24) is 5.32 Å². The van der Waals surface area contributed by atoms with Gasteiger partial charge in [-0.2, -0.15) is 0 Å². The highest BCUT2D eigenvalue weighted by molar-refractivity contribution is 7.19. The van der Waals surface area contributed by atoms with Crippen LogP contribution in [0.25, 0.3) is 10.1 Å². The summed E-state index contributed by atoms with van der Waals surface area (Å²) in [5.74, 6) is -1.09. The minimum atomic E-state index is -1.47. The molecule has 2 aliphatic rings. The van der Waals surface area contributed by atoms with Gasteiger partial charge in [0.05, 0.1) is 6.61 Å². The van der Waals surface area contributed by atoms with Crippen LogP contribution < -0.4 is 5.32 Å². The highest BCUT2D eigenvalue weighted by Crippen LogP contribution is 2.34. The average Bonchev–Trinajstić information content (AvgIpc) is 3.55. The molecule has 0 aliphatic carbocycles. The molecule has 3 heterocycles. The Morgan fingerprint density at radius 1 is 1.08 bits per heavy atom. The number of aliphatic hydroxyl groups excluding tert-OH is 4. The molecule has 10 heteroatoms. The molecular weight excluding hydrogens is 489 g/mol. The van der Waals surface area contributed by atoms with E-state index in [1.54, 1.807) is 17.4 Å². The van der Waals surface area contributed by atoms with E-state index in [-0.39, 0.29) is 11.9 Å². The van der Waals surface area contributed by atoms with Gasteiger partial charge in [0.2, 0.25) is 0 Å². The molecule has 2 fully saturated rings. The smallest absolute Gasteiger partial charge is 0.320 e. The fourth-order valence-corrected chi connectivity index (χ4v) is 5.58. The molecule has 5 rings (SSSR count). The molecule has 2 aromatic carbocycles. The number of halogens is 1. The van der Waals surface area contributed by atoms with Crippen molar-refractivity contribution in [3.63, 3.8) is 0 Å². The lowest BCUT2D eigenvalue weighted by atomic mass is 9.90. The van der Waals surface area contributed by atoms with E-state index in [2.05, 4.69) is 5.32 Å². The Morgan fingerprint density at radius 3 is 2.50 bits per heavy atom. The highest BCUT2D eigenvalue weighted by Gasteiger charge is 2.44. The lowest BCUT2D eigenvalue weighted by Gasteiger charge is -2.40. The molecule has 6 N–H and O–H groups in total. The van der Waals surface area contributed by atoms with Crippen molar-refractivity contribution in [2.45, 2.75) is 55.8 Å². The molecule has 4 unspecified atom stereocenters. The molecular formula is C26H30FNO7S. The number of fused-ring (bicyclic) bond motifs is 1. The maximum Gasteiger partial charge on any atom is 0.320 e. The number of thiophene rings is 1. The number of benzene rings is 2. The Labute approximate surface area is 211 Å². The van der Waals surface area contributed by atoms with Crippen LogP contribution in [-0.4, -0.2) is 75.1 Å². The molecule has 0 saturated carbocycles. The van der Waals surface area contributed by atoms with E-state index >= 15 is 0 Å². The summed E-state index contributed by atoms with van der Waals surface area (Å²) < 4.78 is 21.1. The Kier molecular flexibility index (Phi) is 8.68. The summed E-state index contributed by atoms with van der Waals surface area (Å²) in [5.41, 5.74) is 0.926. The molecule has 194 valence electrons. The first-order valence-electron chi connectivity index (χ1n) is 11.8. The first-order chi connectivity index (χ1) is 17.3. The van der Waals surface area contributed by atoms with E-state index in [0.29, 0.717) is 17.5 Å². The minimum Gasteiger partial charge on any atom is -0.480 e. The number of carboxylic acids is 1. The number of aliphatic carboxylic acids is 1. The van der Waals surface area contributed by atoms with Crippen molar-refractivity contribution >= 4 is 27.4 Å². The lowest BCUT2D eigenvalue weighted by molar-refractivity contribution is -0.231. The van der Waals surface area contributed by atoms with E-state index < -0.39 is 43.1 Å². The fourth-order valence-electron chi connectivity index (χ4n) is 4.49. The van der Waals surface area contributed by atoms with Crippen LogP contribution in [0.1, 0.15) is 34.9 Å². The second kappa shape index (κ2) is 11.7. The van der Waals surface area contributed by atoms with Crippen LogP contribution in [0.3, 0.4) is 0 Å². The van der Waals surface area contributed by atoms with Crippen molar-refractivity contribution in [1.29, 1.82) is 0 Å². The molecule has 0 radical (unpaired) electrons. The first kappa shape index (κ1) is 26.6. The monoisotopic (exact) mass is 519 g/mol. The van der Waals surface area contributed by atoms with E-state index in [1.165, 1.54) is 12.1 Å². The largest absolute Gasteiger partial charge is 0.480 e. The number of hydrogen-bond acceptors (Lipinski definition) is 8. The average molecular weight is 520 g/mol. The van der Waals surface area contributed by atoms with Crippen LogP contribution in [0.5, 0.6) is 0 Å². The van der Waals surface area contributed by atoms with Gasteiger partial charge in [-0.15, -0.1) is 11.3 Å². The number of carboxylic acid groups (broad SMARTS) is 1. The van der Waals surface area contributed by atoms with Crippen molar-refractivity contribution < 1.29 is 39.5 Å². The summed E-state index contributed by atoms with van der Waals surface area (Å²) in [5, 5.41) is 51.9. The summed E-state index contributed by atoms with van der Waals surface area (Å²) in [7, 11) is 0. The summed E-state index contributed by atoms with van der Waals surface area (Å²) in [6, 6.07) is 14.1. The van der Waals surface area contributed by atoms with Crippen LogP contribution in [0.2, 0.25) is 0 Å². The van der Waals surface area contributed by atoms with Gasteiger partial charge in [-0.05, 0) is 60.2 Å². The number of aliphatic hydroxyl groups is 4. The standard InChI is InChI=1S/C21H21FO5S.C5H9NO2/c22-15-6-5-12(21-20(26)19(25)18(24)16(10-23)27-21)7-13(15)9-14-8-11-3-1-2-4-17(11)28-14;7-5(8)4-2-1-3-6-4/h1-8,16,18-21,23-26H,9-10H2;4,6H,1-3H2,(H,7,8)/t16-,18?,19+,20?,21?;/m1./s1. The molecule has 0 amide bonds. The quantitative estimate of drug-likeness (QED) is 0.301. The van der Waals surface area contributed by atoms with Gasteiger partial charge in [-0.25, -0.2) is 4.39 Å². The molecule has 6 atom stereocenters. The number of nitrogens with one attached hydrogen (secondary N) is 1. The van der Waals surface area contributed by atoms with Gasteiger partial charge in [0, 0.05) is 16.0 Å².